The molecular weight excluding hydrogens is 243 g/mol. The highest BCUT2D eigenvalue weighted by atomic mass is 19.1. The molecule has 2 atom stereocenters. The Morgan fingerprint density at radius 3 is 2.63 bits per heavy atom. The van der Waals surface area contributed by atoms with Gasteiger partial charge >= 0.3 is 0 Å². The second-order valence-corrected chi connectivity index (χ2v) is 5.55. The van der Waals surface area contributed by atoms with Crippen LogP contribution in [0.15, 0.2) is 18.2 Å². The van der Waals surface area contributed by atoms with Gasteiger partial charge in [-0.2, -0.15) is 0 Å². The van der Waals surface area contributed by atoms with E-state index < -0.39 is 0 Å². The fourth-order valence-corrected chi connectivity index (χ4v) is 3.23. The van der Waals surface area contributed by atoms with Gasteiger partial charge in [0, 0.05) is 5.56 Å². The molecule has 2 unspecified atom stereocenters. The van der Waals surface area contributed by atoms with Gasteiger partial charge in [0.2, 0.25) is 0 Å². The van der Waals surface area contributed by atoms with E-state index in [1.807, 2.05) is 0 Å². The fourth-order valence-electron chi connectivity index (χ4n) is 3.23. The number of nitrogens with zero attached hydrogens (tertiary/aromatic N) is 1. The minimum Gasteiger partial charge on any atom is -0.492 e. The van der Waals surface area contributed by atoms with E-state index in [4.69, 9.17) is 10.5 Å². The van der Waals surface area contributed by atoms with Crippen molar-refractivity contribution in [2.45, 2.75) is 37.8 Å². The largest absolute Gasteiger partial charge is 0.492 e. The summed E-state index contributed by atoms with van der Waals surface area (Å²) in [5, 5.41) is 0. The standard InChI is InChI=1S/C15H21FN2O/c16-11-5-6-14-12(9-11)15(13(17)10-19-14)18-7-3-1-2-4-8-18/h5-6,9,13,15H,1-4,7-8,10,17H2. The lowest BCUT2D eigenvalue weighted by atomic mass is 9.95. The maximum atomic E-state index is 13.5. The van der Waals surface area contributed by atoms with E-state index in [2.05, 4.69) is 4.90 Å². The zero-order valence-electron chi connectivity index (χ0n) is 11.1. The van der Waals surface area contributed by atoms with Crippen LogP contribution in [-0.4, -0.2) is 30.6 Å². The van der Waals surface area contributed by atoms with Crippen LogP contribution in [-0.2, 0) is 0 Å². The second-order valence-electron chi connectivity index (χ2n) is 5.55. The molecular formula is C15H21FN2O. The highest BCUT2D eigenvalue weighted by Crippen LogP contribution is 2.36. The van der Waals surface area contributed by atoms with E-state index in [1.54, 1.807) is 12.1 Å². The quantitative estimate of drug-likeness (QED) is 0.847. The number of halogens is 1. The first-order chi connectivity index (χ1) is 9.25. The van der Waals surface area contributed by atoms with Crippen molar-refractivity contribution in [1.82, 2.24) is 4.90 Å². The summed E-state index contributed by atoms with van der Waals surface area (Å²) in [4.78, 5) is 2.42. The smallest absolute Gasteiger partial charge is 0.124 e. The van der Waals surface area contributed by atoms with Crippen LogP contribution >= 0.6 is 0 Å². The summed E-state index contributed by atoms with van der Waals surface area (Å²) in [6.45, 7) is 2.61. The van der Waals surface area contributed by atoms with Crippen molar-refractivity contribution in [1.29, 1.82) is 0 Å². The lowest BCUT2D eigenvalue weighted by molar-refractivity contribution is 0.121. The number of likely N-dealkylation sites (tertiary alicyclic amines) is 1. The van der Waals surface area contributed by atoms with Crippen molar-refractivity contribution in [3.05, 3.63) is 29.6 Å². The molecule has 1 aromatic carbocycles. The van der Waals surface area contributed by atoms with Gasteiger partial charge in [-0.15, -0.1) is 0 Å². The molecule has 0 aliphatic carbocycles. The molecule has 0 spiro atoms. The topological polar surface area (TPSA) is 38.5 Å². The van der Waals surface area contributed by atoms with E-state index in [-0.39, 0.29) is 17.9 Å². The first-order valence-electron chi connectivity index (χ1n) is 7.17. The molecule has 0 bridgehead atoms. The molecule has 3 nitrogen and oxygen atoms in total. The number of nitrogens with two attached hydrogens (primary N) is 1. The molecule has 2 heterocycles. The number of hydrogen-bond donors (Lipinski definition) is 1. The van der Waals surface area contributed by atoms with Crippen LogP contribution in [0, 0.1) is 5.82 Å². The van der Waals surface area contributed by atoms with Crippen molar-refractivity contribution in [2.24, 2.45) is 5.73 Å². The Kier molecular flexibility index (Phi) is 3.71. The third-order valence-electron chi connectivity index (χ3n) is 4.16. The Labute approximate surface area is 113 Å². The fraction of sp³-hybridized carbons (Fsp3) is 0.600. The first-order valence-corrected chi connectivity index (χ1v) is 7.17. The maximum absolute atomic E-state index is 13.5. The number of ether oxygens (including phenoxy) is 1. The summed E-state index contributed by atoms with van der Waals surface area (Å²) in [5.41, 5.74) is 7.15. The molecule has 3 rings (SSSR count). The van der Waals surface area contributed by atoms with Crippen molar-refractivity contribution in [3.63, 3.8) is 0 Å². The summed E-state index contributed by atoms with van der Waals surface area (Å²) in [5.74, 6) is 0.577. The first kappa shape index (κ1) is 12.9. The normalized spacial score (nSPS) is 28.3. The molecule has 2 aliphatic heterocycles. The van der Waals surface area contributed by atoms with Gasteiger partial charge in [0.1, 0.15) is 18.2 Å². The van der Waals surface area contributed by atoms with E-state index >= 15 is 0 Å². The van der Waals surface area contributed by atoms with Crippen molar-refractivity contribution in [3.8, 4) is 5.75 Å². The Morgan fingerprint density at radius 1 is 1.16 bits per heavy atom. The molecule has 2 aliphatic rings. The minimum atomic E-state index is -0.212. The Balaban J connectivity index is 1.93. The third kappa shape index (κ3) is 2.60. The van der Waals surface area contributed by atoms with E-state index in [9.17, 15) is 4.39 Å². The zero-order valence-corrected chi connectivity index (χ0v) is 11.1. The highest BCUT2D eigenvalue weighted by Gasteiger charge is 2.33. The SMILES string of the molecule is NC1COc2ccc(F)cc2C1N1CCCCCC1. The number of benzene rings is 1. The lowest BCUT2D eigenvalue weighted by Gasteiger charge is -2.39. The summed E-state index contributed by atoms with van der Waals surface area (Å²) in [6.07, 6.45) is 4.97. The molecule has 0 saturated carbocycles. The predicted molar refractivity (Wildman–Crippen MR) is 72.7 cm³/mol. The molecule has 104 valence electrons. The summed E-state index contributed by atoms with van der Waals surface area (Å²) < 4.78 is 19.2. The van der Waals surface area contributed by atoms with E-state index in [0.717, 1.165) is 24.4 Å². The molecule has 1 saturated heterocycles. The molecule has 2 N–H and O–H groups in total. The summed E-state index contributed by atoms with van der Waals surface area (Å²) in [7, 11) is 0. The van der Waals surface area contributed by atoms with Crippen LogP contribution in [0.25, 0.3) is 0 Å². The van der Waals surface area contributed by atoms with Gasteiger partial charge < -0.3 is 10.5 Å². The van der Waals surface area contributed by atoms with Crippen molar-refractivity contribution < 1.29 is 9.13 Å². The summed E-state index contributed by atoms with van der Waals surface area (Å²) in [6, 6.07) is 4.78. The Hall–Kier alpha value is -1.13. The Bertz CT molecular complexity index is 444. The summed E-state index contributed by atoms with van der Waals surface area (Å²) >= 11 is 0. The van der Waals surface area contributed by atoms with Crippen LogP contribution in [0.3, 0.4) is 0 Å². The predicted octanol–water partition coefficient (Wildman–Crippen LogP) is 2.46. The number of hydrogen-bond acceptors (Lipinski definition) is 3. The Morgan fingerprint density at radius 2 is 1.89 bits per heavy atom. The van der Waals surface area contributed by atoms with Gasteiger partial charge in [0.15, 0.2) is 0 Å². The van der Waals surface area contributed by atoms with Crippen LogP contribution in [0.1, 0.15) is 37.3 Å². The van der Waals surface area contributed by atoms with Crippen LogP contribution in [0.2, 0.25) is 0 Å². The number of fused-ring (bicyclic) bond motifs is 1. The molecule has 0 radical (unpaired) electrons. The molecule has 0 amide bonds. The zero-order chi connectivity index (χ0) is 13.2. The van der Waals surface area contributed by atoms with E-state index in [1.165, 1.54) is 31.7 Å². The number of rotatable bonds is 1. The lowest BCUT2D eigenvalue weighted by Crippen LogP contribution is -2.47. The average molecular weight is 264 g/mol. The van der Waals surface area contributed by atoms with Crippen molar-refractivity contribution >= 4 is 0 Å². The third-order valence-corrected chi connectivity index (χ3v) is 4.16. The monoisotopic (exact) mass is 264 g/mol. The van der Waals surface area contributed by atoms with Crippen LogP contribution < -0.4 is 10.5 Å². The van der Waals surface area contributed by atoms with Crippen molar-refractivity contribution in [2.75, 3.05) is 19.7 Å². The van der Waals surface area contributed by atoms with Gasteiger partial charge in [0.25, 0.3) is 0 Å². The molecule has 4 heteroatoms. The van der Waals surface area contributed by atoms with Gasteiger partial charge in [-0.05, 0) is 44.1 Å². The van der Waals surface area contributed by atoms with Crippen LogP contribution in [0.5, 0.6) is 5.75 Å². The molecule has 1 aromatic rings. The second kappa shape index (κ2) is 5.47. The molecule has 1 fully saturated rings. The highest BCUT2D eigenvalue weighted by molar-refractivity contribution is 5.39. The van der Waals surface area contributed by atoms with Crippen LogP contribution in [0.4, 0.5) is 4.39 Å². The maximum Gasteiger partial charge on any atom is 0.124 e. The molecule has 0 aromatic heterocycles. The van der Waals surface area contributed by atoms with E-state index in [0.29, 0.717) is 6.61 Å². The van der Waals surface area contributed by atoms with Gasteiger partial charge in [-0.25, -0.2) is 4.39 Å². The van der Waals surface area contributed by atoms with Gasteiger partial charge in [0.05, 0.1) is 12.1 Å². The van der Waals surface area contributed by atoms with Gasteiger partial charge in [-0.1, -0.05) is 12.8 Å². The average Bonchev–Trinajstić information content (AvgIpc) is 2.67. The van der Waals surface area contributed by atoms with Gasteiger partial charge in [-0.3, -0.25) is 4.90 Å². The minimum absolute atomic E-state index is 0.0765. The molecule has 19 heavy (non-hydrogen) atoms.